The second kappa shape index (κ2) is 5.15. The zero-order valence-electron chi connectivity index (χ0n) is 10.9. The fourth-order valence-corrected chi connectivity index (χ4v) is 1.80. The molecular weight excluding hydrogens is 252 g/mol. The summed E-state index contributed by atoms with van der Waals surface area (Å²) < 4.78 is 43.5. The molecule has 5 heteroatoms. The first-order valence-electron chi connectivity index (χ1n) is 6.23. The van der Waals surface area contributed by atoms with Crippen LogP contribution in [0, 0.1) is 5.92 Å². The third-order valence-electron chi connectivity index (χ3n) is 2.80. The van der Waals surface area contributed by atoms with Gasteiger partial charge in [-0.2, -0.15) is 0 Å². The molecule has 0 fully saturated rings. The highest BCUT2D eigenvalue weighted by Crippen LogP contribution is 2.22. The summed E-state index contributed by atoms with van der Waals surface area (Å²) in [4.78, 5) is 0. The van der Waals surface area contributed by atoms with Crippen LogP contribution >= 0.6 is 0 Å². The molecule has 2 aromatic rings. The number of hydrogen-bond donors (Lipinski definition) is 0. The van der Waals surface area contributed by atoms with Gasteiger partial charge in [-0.15, -0.1) is 5.46 Å². The molecule has 0 atom stereocenters. The van der Waals surface area contributed by atoms with E-state index in [9.17, 15) is 12.9 Å². The van der Waals surface area contributed by atoms with E-state index in [0.717, 1.165) is 11.5 Å². The van der Waals surface area contributed by atoms with Gasteiger partial charge in [0.1, 0.15) is 5.75 Å². The van der Waals surface area contributed by atoms with E-state index in [0.29, 0.717) is 23.7 Å². The van der Waals surface area contributed by atoms with Gasteiger partial charge >= 0.3 is 6.98 Å². The molecule has 19 heavy (non-hydrogen) atoms. The van der Waals surface area contributed by atoms with E-state index in [2.05, 4.69) is 0 Å². The Bertz CT molecular complexity index is 578. The van der Waals surface area contributed by atoms with E-state index in [-0.39, 0.29) is 0 Å². The molecule has 2 rings (SSSR count). The van der Waals surface area contributed by atoms with Crippen LogP contribution in [0.4, 0.5) is 12.9 Å². The molecule has 102 valence electrons. The van der Waals surface area contributed by atoms with E-state index < -0.39 is 12.4 Å². The second-order valence-electron chi connectivity index (χ2n) is 5.05. The van der Waals surface area contributed by atoms with Crippen LogP contribution in [0.15, 0.2) is 36.4 Å². The highest BCUT2D eigenvalue weighted by atomic mass is 19.4. The van der Waals surface area contributed by atoms with Crippen molar-refractivity contribution in [2.24, 2.45) is 5.92 Å². The van der Waals surface area contributed by atoms with Gasteiger partial charge < -0.3 is 17.7 Å². The molecule has 1 nitrogen and oxygen atoms in total. The van der Waals surface area contributed by atoms with Gasteiger partial charge in [0.25, 0.3) is 0 Å². The monoisotopic (exact) mass is 267 g/mol. The van der Waals surface area contributed by atoms with Crippen LogP contribution in [0.5, 0.6) is 5.75 Å². The van der Waals surface area contributed by atoms with Gasteiger partial charge in [0.15, 0.2) is 0 Å². The van der Waals surface area contributed by atoms with Crippen molar-refractivity contribution in [3.05, 3.63) is 36.4 Å². The van der Waals surface area contributed by atoms with Crippen LogP contribution in [0.25, 0.3) is 10.8 Å². The second-order valence-corrected chi connectivity index (χ2v) is 5.05. The highest BCUT2D eigenvalue weighted by molar-refractivity contribution is 6.73. The maximum absolute atomic E-state index is 12.6. The number of benzene rings is 2. The van der Waals surface area contributed by atoms with E-state index in [1.54, 1.807) is 18.2 Å². The molecule has 0 bridgehead atoms. The van der Waals surface area contributed by atoms with E-state index >= 15 is 0 Å². The van der Waals surface area contributed by atoms with Crippen molar-refractivity contribution in [1.29, 1.82) is 0 Å². The summed E-state index contributed by atoms with van der Waals surface area (Å²) in [6, 6.07) is 8.93. The molecule has 0 aliphatic rings. The molecule has 0 unspecified atom stereocenters. The number of fused-ring (bicyclic) bond motifs is 1. The fourth-order valence-electron chi connectivity index (χ4n) is 1.80. The Morgan fingerprint density at radius 2 is 1.63 bits per heavy atom. The smallest absolute Gasteiger partial charge is 0.493 e. The lowest BCUT2D eigenvalue weighted by Crippen LogP contribution is -2.33. The Labute approximate surface area is 110 Å². The summed E-state index contributed by atoms with van der Waals surface area (Å²) in [7, 11) is 0. The number of ether oxygens (including phenoxy) is 1. The zero-order chi connectivity index (χ0) is 14.0. The average Bonchev–Trinajstić information content (AvgIpc) is 2.34. The van der Waals surface area contributed by atoms with Crippen LogP contribution in [-0.4, -0.2) is 13.6 Å². The van der Waals surface area contributed by atoms with Crippen molar-refractivity contribution in [3.8, 4) is 5.75 Å². The first kappa shape index (κ1) is 13.8. The molecule has 0 saturated heterocycles. The average molecular weight is 267 g/mol. The minimum Gasteiger partial charge on any atom is -0.493 e. The van der Waals surface area contributed by atoms with Gasteiger partial charge in [-0.3, -0.25) is 0 Å². The predicted octanol–water partition coefficient (Wildman–Crippen LogP) is 3.93. The highest BCUT2D eigenvalue weighted by Gasteiger charge is 2.25. The van der Waals surface area contributed by atoms with Crippen molar-refractivity contribution >= 4 is 23.2 Å². The third-order valence-corrected chi connectivity index (χ3v) is 2.80. The van der Waals surface area contributed by atoms with E-state index in [1.807, 2.05) is 13.8 Å². The van der Waals surface area contributed by atoms with Crippen LogP contribution in [0.3, 0.4) is 0 Å². The van der Waals surface area contributed by atoms with Gasteiger partial charge in [0.05, 0.1) is 6.61 Å². The molecule has 0 aromatic heterocycles. The molecule has 0 N–H and O–H groups in total. The van der Waals surface area contributed by atoms with Gasteiger partial charge in [-0.05, 0) is 28.8 Å². The van der Waals surface area contributed by atoms with Crippen molar-refractivity contribution in [1.82, 2.24) is 0 Å². The molecule has 0 heterocycles. The zero-order valence-corrected chi connectivity index (χ0v) is 10.9. The first-order valence-corrected chi connectivity index (χ1v) is 6.23. The maximum atomic E-state index is 12.6. The van der Waals surface area contributed by atoms with Gasteiger partial charge in [-0.25, -0.2) is 0 Å². The number of hydrogen-bond acceptors (Lipinski definition) is 1. The lowest BCUT2D eigenvalue weighted by molar-refractivity contribution is 0.271. The Kier molecular flexibility index (Phi) is 3.74. The maximum Gasteiger partial charge on any atom is 0.509 e. The molecular formula is C14H15BF3O-. The van der Waals surface area contributed by atoms with Crippen LogP contribution in [0.2, 0.25) is 0 Å². The fraction of sp³-hybridized carbons (Fsp3) is 0.286. The van der Waals surface area contributed by atoms with Gasteiger partial charge in [0, 0.05) is 0 Å². The summed E-state index contributed by atoms with van der Waals surface area (Å²) in [6.07, 6.45) is 0. The van der Waals surface area contributed by atoms with Crippen molar-refractivity contribution in [2.75, 3.05) is 6.61 Å². The van der Waals surface area contributed by atoms with Crippen molar-refractivity contribution < 1.29 is 17.7 Å². The van der Waals surface area contributed by atoms with Gasteiger partial charge in [0.2, 0.25) is 0 Å². The summed E-state index contributed by atoms with van der Waals surface area (Å²) in [5.74, 6) is 1.09. The van der Waals surface area contributed by atoms with Crippen LogP contribution < -0.4 is 10.2 Å². The summed E-state index contributed by atoms with van der Waals surface area (Å²) in [6.45, 7) is -0.271. The quantitative estimate of drug-likeness (QED) is 0.762. The Morgan fingerprint density at radius 1 is 1.00 bits per heavy atom. The van der Waals surface area contributed by atoms with Crippen molar-refractivity contribution in [3.63, 3.8) is 0 Å². The Hall–Kier alpha value is -1.65. The predicted molar refractivity (Wildman–Crippen MR) is 73.0 cm³/mol. The normalized spacial score (nSPS) is 12.1. The third kappa shape index (κ3) is 3.43. The molecule has 0 spiro atoms. The standard InChI is InChI=1S/C14H15BF3O/c1-10(2)9-19-14-6-4-11-7-13(15(16,17)18)5-3-12(11)8-14/h3-8,10H,9H2,1-2H3/q-1. The minimum atomic E-state index is -4.94. The summed E-state index contributed by atoms with van der Waals surface area (Å²) >= 11 is 0. The van der Waals surface area contributed by atoms with Gasteiger partial charge in [-0.1, -0.05) is 38.1 Å². The largest absolute Gasteiger partial charge is 0.509 e. The molecule has 0 saturated carbocycles. The Morgan fingerprint density at radius 3 is 2.26 bits per heavy atom. The molecule has 0 radical (unpaired) electrons. The van der Waals surface area contributed by atoms with E-state index in [1.165, 1.54) is 12.1 Å². The van der Waals surface area contributed by atoms with Crippen LogP contribution in [-0.2, 0) is 0 Å². The lowest BCUT2D eigenvalue weighted by Gasteiger charge is -2.15. The molecule has 2 aromatic carbocycles. The Balaban J connectivity index is 2.30. The number of rotatable bonds is 4. The topological polar surface area (TPSA) is 9.23 Å². The van der Waals surface area contributed by atoms with E-state index in [4.69, 9.17) is 4.74 Å². The first-order chi connectivity index (χ1) is 8.86. The SMILES string of the molecule is CC(C)COc1ccc2cc([B-](F)(F)F)ccc2c1. The summed E-state index contributed by atoms with van der Waals surface area (Å²) in [5.41, 5.74) is -0.566. The van der Waals surface area contributed by atoms with Crippen LogP contribution in [0.1, 0.15) is 13.8 Å². The number of halogens is 3. The minimum absolute atomic E-state index is 0.408. The van der Waals surface area contributed by atoms with Crippen molar-refractivity contribution in [2.45, 2.75) is 13.8 Å². The summed E-state index contributed by atoms with van der Waals surface area (Å²) in [5, 5.41) is 1.33. The molecule has 0 aliphatic carbocycles. The molecule has 0 aliphatic heterocycles. The lowest BCUT2D eigenvalue weighted by atomic mass is 9.79. The molecule has 0 amide bonds.